The molecule has 0 radical (unpaired) electrons. The Morgan fingerprint density at radius 3 is 2.28 bits per heavy atom. The number of hydrogen-bond acceptors (Lipinski definition) is 4. The highest BCUT2D eigenvalue weighted by molar-refractivity contribution is 6.02. The van der Waals surface area contributed by atoms with Crippen molar-refractivity contribution >= 4 is 22.9 Å². The summed E-state index contributed by atoms with van der Waals surface area (Å²) in [6.07, 6.45) is 1.66. The van der Waals surface area contributed by atoms with Crippen molar-refractivity contribution in [2.75, 3.05) is 14.2 Å². The molecule has 0 unspecified atom stereocenters. The molecule has 29 heavy (non-hydrogen) atoms. The summed E-state index contributed by atoms with van der Waals surface area (Å²) in [7, 11) is 3.23. The largest absolute Gasteiger partial charge is 0.496 e. The molecule has 0 saturated carbocycles. The van der Waals surface area contributed by atoms with Crippen LogP contribution in [0, 0.1) is 6.92 Å². The maximum atomic E-state index is 12.7. The summed E-state index contributed by atoms with van der Waals surface area (Å²) < 4.78 is 10.9. The van der Waals surface area contributed by atoms with Crippen molar-refractivity contribution in [1.29, 1.82) is 0 Å². The van der Waals surface area contributed by atoms with Gasteiger partial charge in [-0.25, -0.2) is 5.43 Å². The Morgan fingerprint density at radius 2 is 1.66 bits per heavy atom. The predicted molar refractivity (Wildman–Crippen MR) is 117 cm³/mol. The zero-order chi connectivity index (χ0) is 21.0. The number of aryl methyl sites for hydroxylation is 1. The van der Waals surface area contributed by atoms with Gasteiger partial charge < -0.3 is 9.47 Å². The molecule has 3 aromatic carbocycles. The molecule has 1 N–H and O–H groups in total. The highest BCUT2D eigenvalue weighted by Gasteiger charge is 2.14. The molecule has 3 rings (SSSR count). The molecular formula is C24H26N2O3. The lowest BCUT2D eigenvalue weighted by Gasteiger charge is -2.14. The first-order chi connectivity index (χ1) is 13.9. The standard InChI is InChI=1S/C24H26N2O3/c1-15(2)20-12-19(16(3)10-22(20)28-4)14-25-26-24(27)21-11-17-8-6-7-9-18(17)13-23(21)29-5/h6-15H,1-5H3,(H,26,27)/b25-14+. The molecule has 0 aliphatic rings. The zero-order valence-corrected chi connectivity index (χ0v) is 17.4. The van der Waals surface area contributed by atoms with Gasteiger partial charge in [0.25, 0.3) is 5.91 Å². The molecule has 0 aromatic heterocycles. The van der Waals surface area contributed by atoms with Crippen molar-refractivity contribution in [3.05, 3.63) is 70.8 Å². The molecule has 1 amide bonds. The number of nitrogens with one attached hydrogen (secondary N) is 1. The van der Waals surface area contributed by atoms with E-state index in [0.717, 1.165) is 33.2 Å². The van der Waals surface area contributed by atoms with Crippen LogP contribution in [0.5, 0.6) is 11.5 Å². The fraction of sp³-hybridized carbons (Fsp3) is 0.250. The average Bonchev–Trinajstić information content (AvgIpc) is 2.73. The number of fused-ring (bicyclic) bond motifs is 1. The number of carbonyl (C=O) groups is 1. The zero-order valence-electron chi connectivity index (χ0n) is 17.4. The highest BCUT2D eigenvalue weighted by atomic mass is 16.5. The number of amides is 1. The van der Waals surface area contributed by atoms with Gasteiger partial charge in [-0.05, 0) is 64.6 Å². The number of nitrogens with zero attached hydrogens (tertiary/aromatic N) is 1. The molecule has 0 atom stereocenters. The van der Waals surface area contributed by atoms with Crippen molar-refractivity contribution in [3.8, 4) is 11.5 Å². The Labute approximate surface area is 171 Å². The first-order valence-electron chi connectivity index (χ1n) is 9.53. The molecule has 0 spiro atoms. The van der Waals surface area contributed by atoms with Crippen molar-refractivity contribution < 1.29 is 14.3 Å². The van der Waals surface area contributed by atoms with Crippen LogP contribution in [0.4, 0.5) is 0 Å². The maximum absolute atomic E-state index is 12.7. The lowest BCUT2D eigenvalue weighted by molar-refractivity contribution is 0.0952. The Morgan fingerprint density at radius 1 is 1.00 bits per heavy atom. The maximum Gasteiger partial charge on any atom is 0.275 e. The van der Waals surface area contributed by atoms with Crippen LogP contribution in [0.2, 0.25) is 0 Å². The first-order valence-corrected chi connectivity index (χ1v) is 9.53. The predicted octanol–water partition coefficient (Wildman–Crippen LogP) is 5.05. The number of benzene rings is 3. The number of hydrazone groups is 1. The summed E-state index contributed by atoms with van der Waals surface area (Å²) in [5.74, 6) is 1.37. The molecule has 5 nitrogen and oxygen atoms in total. The molecular weight excluding hydrogens is 364 g/mol. The van der Waals surface area contributed by atoms with Crippen LogP contribution in [0.25, 0.3) is 10.8 Å². The van der Waals surface area contributed by atoms with Gasteiger partial charge in [0, 0.05) is 0 Å². The van der Waals surface area contributed by atoms with Gasteiger partial charge in [-0.3, -0.25) is 4.79 Å². The van der Waals surface area contributed by atoms with E-state index < -0.39 is 0 Å². The number of rotatable bonds is 6. The minimum absolute atomic E-state index is 0.314. The summed E-state index contributed by atoms with van der Waals surface area (Å²) in [5.41, 5.74) is 6.10. The SMILES string of the molecule is COc1cc2ccccc2cc1C(=O)N/N=C/c1cc(C(C)C)c(OC)cc1C. The van der Waals surface area contributed by atoms with Crippen molar-refractivity contribution in [3.63, 3.8) is 0 Å². The van der Waals surface area contributed by atoms with E-state index in [0.29, 0.717) is 17.2 Å². The molecule has 0 heterocycles. The van der Waals surface area contributed by atoms with E-state index in [2.05, 4.69) is 24.4 Å². The van der Waals surface area contributed by atoms with Gasteiger partial charge in [-0.2, -0.15) is 5.10 Å². The second kappa shape index (κ2) is 8.78. The van der Waals surface area contributed by atoms with E-state index in [1.807, 2.05) is 55.5 Å². The van der Waals surface area contributed by atoms with E-state index >= 15 is 0 Å². The quantitative estimate of drug-likeness (QED) is 0.473. The van der Waals surface area contributed by atoms with Gasteiger partial charge in [0.2, 0.25) is 0 Å². The van der Waals surface area contributed by atoms with Crippen molar-refractivity contribution in [2.24, 2.45) is 5.10 Å². The summed E-state index contributed by atoms with van der Waals surface area (Å²) in [5, 5.41) is 6.15. The monoisotopic (exact) mass is 390 g/mol. The second-order valence-corrected chi connectivity index (χ2v) is 7.20. The van der Waals surface area contributed by atoms with E-state index in [4.69, 9.17) is 9.47 Å². The molecule has 150 valence electrons. The van der Waals surface area contributed by atoms with Gasteiger partial charge in [0.05, 0.1) is 26.0 Å². The van der Waals surface area contributed by atoms with Crippen LogP contribution in [0.15, 0.2) is 53.6 Å². The Bertz CT molecular complexity index is 1070. The lowest BCUT2D eigenvalue weighted by Crippen LogP contribution is -2.18. The minimum Gasteiger partial charge on any atom is -0.496 e. The molecule has 0 aliphatic carbocycles. The third kappa shape index (κ3) is 4.40. The normalized spacial score (nSPS) is 11.2. The first kappa shape index (κ1) is 20.4. The molecule has 0 aliphatic heterocycles. The average molecular weight is 390 g/mol. The van der Waals surface area contributed by atoms with Gasteiger partial charge in [0.15, 0.2) is 0 Å². The van der Waals surface area contributed by atoms with Gasteiger partial charge in [0.1, 0.15) is 11.5 Å². The molecule has 0 saturated heterocycles. The van der Waals surface area contributed by atoms with Gasteiger partial charge in [-0.15, -0.1) is 0 Å². The fourth-order valence-electron chi connectivity index (χ4n) is 3.27. The highest BCUT2D eigenvalue weighted by Crippen LogP contribution is 2.29. The Kier molecular flexibility index (Phi) is 6.17. The number of ether oxygens (including phenoxy) is 2. The second-order valence-electron chi connectivity index (χ2n) is 7.20. The third-order valence-electron chi connectivity index (χ3n) is 4.92. The van der Waals surface area contributed by atoms with Crippen LogP contribution in [-0.4, -0.2) is 26.3 Å². The van der Waals surface area contributed by atoms with E-state index in [9.17, 15) is 4.79 Å². The Balaban J connectivity index is 1.85. The third-order valence-corrected chi connectivity index (χ3v) is 4.92. The molecule has 3 aromatic rings. The molecule has 0 fully saturated rings. The van der Waals surface area contributed by atoms with Crippen LogP contribution in [-0.2, 0) is 0 Å². The summed E-state index contributed by atoms with van der Waals surface area (Å²) in [4.78, 5) is 12.7. The minimum atomic E-state index is -0.320. The van der Waals surface area contributed by atoms with E-state index in [1.54, 1.807) is 20.4 Å². The molecule has 5 heteroatoms. The fourth-order valence-corrected chi connectivity index (χ4v) is 3.27. The number of methoxy groups -OCH3 is 2. The van der Waals surface area contributed by atoms with Gasteiger partial charge >= 0.3 is 0 Å². The number of carbonyl (C=O) groups excluding carboxylic acids is 1. The summed E-state index contributed by atoms with van der Waals surface area (Å²) in [6, 6.07) is 15.5. The van der Waals surface area contributed by atoms with Crippen LogP contribution in [0.1, 0.15) is 46.8 Å². The Hall–Kier alpha value is -3.34. The summed E-state index contributed by atoms with van der Waals surface area (Å²) >= 11 is 0. The van der Waals surface area contributed by atoms with Crippen LogP contribution >= 0.6 is 0 Å². The lowest BCUT2D eigenvalue weighted by atomic mass is 9.97. The van der Waals surface area contributed by atoms with Gasteiger partial charge in [-0.1, -0.05) is 38.1 Å². The summed E-state index contributed by atoms with van der Waals surface area (Å²) in [6.45, 7) is 6.21. The topological polar surface area (TPSA) is 59.9 Å². The number of hydrogen-bond donors (Lipinski definition) is 1. The smallest absolute Gasteiger partial charge is 0.275 e. The van der Waals surface area contributed by atoms with E-state index in [1.165, 1.54) is 0 Å². The van der Waals surface area contributed by atoms with Crippen molar-refractivity contribution in [2.45, 2.75) is 26.7 Å². The van der Waals surface area contributed by atoms with Crippen LogP contribution in [0.3, 0.4) is 0 Å². The van der Waals surface area contributed by atoms with Crippen LogP contribution < -0.4 is 14.9 Å². The van der Waals surface area contributed by atoms with E-state index in [-0.39, 0.29) is 5.91 Å². The molecule has 0 bridgehead atoms. The van der Waals surface area contributed by atoms with Crippen molar-refractivity contribution in [1.82, 2.24) is 5.43 Å².